The monoisotopic (exact) mass is 372 g/mol. The van der Waals surface area contributed by atoms with Gasteiger partial charge in [0.1, 0.15) is 5.69 Å². The van der Waals surface area contributed by atoms with Crippen molar-refractivity contribution in [2.24, 2.45) is 0 Å². The molecule has 0 spiro atoms. The first kappa shape index (κ1) is 17.8. The zero-order valence-corrected chi connectivity index (χ0v) is 15.5. The van der Waals surface area contributed by atoms with Gasteiger partial charge in [0.05, 0.1) is 11.7 Å². The van der Waals surface area contributed by atoms with Gasteiger partial charge >= 0.3 is 0 Å². The molecule has 7 heteroatoms. The topological polar surface area (TPSA) is 109 Å². The fourth-order valence-corrected chi connectivity index (χ4v) is 3.46. The van der Waals surface area contributed by atoms with Crippen molar-refractivity contribution < 1.29 is 4.79 Å². The smallest absolute Gasteiger partial charge is 0.254 e. The van der Waals surface area contributed by atoms with Crippen molar-refractivity contribution in [3.05, 3.63) is 71.2 Å². The summed E-state index contributed by atoms with van der Waals surface area (Å²) in [4.78, 5) is 28.3. The molecule has 0 saturated carbocycles. The molecular formula is C21H20N6O. The van der Waals surface area contributed by atoms with E-state index in [0.29, 0.717) is 35.6 Å². The summed E-state index contributed by atoms with van der Waals surface area (Å²) in [6.07, 6.45) is 5.33. The van der Waals surface area contributed by atoms with Gasteiger partial charge < -0.3 is 16.0 Å². The third-order valence-corrected chi connectivity index (χ3v) is 5.05. The van der Waals surface area contributed by atoms with E-state index in [1.54, 1.807) is 30.6 Å². The van der Waals surface area contributed by atoms with Crippen molar-refractivity contribution in [1.29, 1.82) is 5.41 Å². The van der Waals surface area contributed by atoms with Crippen LogP contribution in [0.25, 0.3) is 11.5 Å². The van der Waals surface area contributed by atoms with Gasteiger partial charge in [0.2, 0.25) is 0 Å². The van der Waals surface area contributed by atoms with E-state index in [9.17, 15) is 4.79 Å². The van der Waals surface area contributed by atoms with Crippen LogP contribution in [0.3, 0.4) is 0 Å². The summed E-state index contributed by atoms with van der Waals surface area (Å²) in [6, 6.07) is 10.5. The lowest BCUT2D eigenvalue weighted by Gasteiger charge is -2.34. The second kappa shape index (κ2) is 7.19. The van der Waals surface area contributed by atoms with Crippen molar-refractivity contribution in [3.63, 3.8) is 0 Å². The van der Waals surface area contributed by atoms with Gasteiger partial charge in [-0.1, -0.05) is 6.07 Å². The first-order valence-corrected chi connectivity index (χ1v) is 9.06. The van der Waals surface area contributed by atoms with E-state index in [-0.39, 0.29) is 11.9 Å². The standard InChI is InChI=1S/C21H20N6O/c1-13-16-12-25-20(19-4-2-3-8-24-19)26-18(16)7-9-27(13)21(28)14-5-6-17(23)15(10-14)11-22/h2-6,8,10-13,22H,7,9,23H2,1H3. The highest BCUT2D eigenvalue weighted by atomic mass is 16.2. The van der Waals surface area contributed by atoms with Gasteiger partial charge in [0.25, 0.3) is 5.91 Å². The highest BCUT2D eigenvalue weighted by Gasteiger charge is 2.30. The predicted octanol–water partition coefficient (Wildman–Crippen LogP) is 2.88. The van der Waals surface area contributed by atoms with Crippen LogP contribution in [0.5, 0.6) is 0 Å². The van der Waals surface area contributed by atoms with E-state index in [1.807, 2.05) is 30.0 Å². The Hall–Kier alpha value is -3.61. The molecule has 0 bridgehead atoms. The van der Waals surface area contributed by atoms with Crippen molar-refractivity contribution in [1.82, 2.24) is 19.9 Å². The number of benzene rings is 1. The summed E-state index contributed by atoms with van der Waals surface area (Å²) < 4.78 is 0. The molecule has 4 rings (SSSR count). The van der Waals surface area contributed by atoms with Gasteiger partial charge in [-0.05, 0) is 37.3 Å². The molecule has 140 valence electrons. The first-order valence-electron chi connectivity index (χ1n) is 9.06. The third-order valence-electron chi connectivity index (χ3n) is 5.05. The Bertz CT molecular complexity index is 1050. The zero-order chi connectivity index (χ0) is 19.7. The molecule has 1 atom stereocenters. The summed E-state index contributed by atoms with van der Waals surface area (Å²) in [7, 11) is 0. The quantitative estimate of drug-likeness (QED) is 0.543. The number of carbonyl (C=O) groups excluding carboxylic acids is 1. The number of fused-ring (bicyclic) bond motifs is 1. The average Bonchev–Trinajstić information content (AvgIpc) is 2.74. The van der Waals surface area contributed by atoms with Crippen molar-refractivity contribution in [3.8, 4) is 11.5 Å². The molecule has 1 aliphatic rings. The number of aromatic nitrogens is 3. The van der Waals surface area contributed by atoms with E-state index in [0.717, 1.165) is 23.2 Å². The fourth-order valence-electron chi connectivity index (χ4n) is 3.46. The van der Waals surface area contributed by atoms with Crippen LogP contribution in [0.4, 0.5) is 5.69 Å². The van der Waals surface area contributed by atoms with Crippen LogP contribution in [0.1, 0.15) is 40.1 Å². The second-order valence-corrected chi connectivity index (χ2v) is 6.72. The lowest BCUT2D eigenvalue weighted by Crippen LogP contribution is -2.39. The maximum atomic E-state index is 13.0. The Morgan fingerprint density at radius 3 is 2.89 bits per heavy atom. The molecule has 0 fully saturated rings. The first-order chi connectivity index (χ1) is 13.6. The largest absolute Gasteiger partial charge is 0.398 e. The average molecular weight is 372 g/mol. The van der Waals surface area contributed by atoms with Crippen LogP contribution in [-0.2, 0) is 6.42 Å². The Morgan fingerprint density at radius 1 is 1.29 bits per heavy atom. The van der Waals surface area contributed by atoms with E-state index in [4.69, 9.17) is 11.1 Å². The van der Waals surface area contributed by atoms with Crippen molar-refractivity contribution in [2.75, 3.05) is 12.3 Å². The van der Waals surface area contributed by atoms with Crippen molar-refractivity contribution in [2.45, 2.75) is 19.4 Å². The van der Waals surface area contributed by atoms with Crippen LogP contribution >= 0.6 is 0 Å². The minimum absolute atomic E-state index is 0.0879. The van der Waals surface area contributed by atoms with Gasteiger partial charge in [0, 0.05) is 54.0 Å². The Balaban J connectivity index is 1.62. The number of nitrogens with two attached hydrogens (primary N) is 1. The number of carbonyl (C=O) groups is 1. The number of rotatable bonds is 3. The van der Waals surface area contributed by atoms with Gasteiger partial charge in [-0.25, -0.2) is 9.97 Å². The third kappa shape index (κ3) is 3.11. The predicted molar refractivity (Wildman–Crippen MR) is 107 cm³/mol. The number of hydrogen-bond acceptors (Lipinski definition) is 6. The molecule has 0 radical (unpaired) electrons. The normalized spacial score (nSPS) is 15.8. The van der Waals surface area contributed by atoms with Gasteiger partial charge in [-0.15, -0.1) is 0 Å². The lowest BCUT2D eigenvalue weighted by atomic mass is 9.98. The molecule has 7 nitrogen and oxygen atoms in total. The SMILES string of the molecule is CC1c2cnc(-c3ccccn3)nc2CCN1C(=O)c1ccc(N)c(C=N)c1. The summed E-state index contributed by atoms with van der Waals surface area (Å²) in [5.74, 6) is 0.510. The van der Waals surface area contributed by atoms with Crippen LogP contribution in [0, 0.1) is 5.41 Å². The highest BCUT2D eigenvalue weighted by molar-refractivity contribution is 5.98. The summed E-state index contributed by atoms with van der Waals surface area (Å²) >= 11 is 0. The van der Waals surface area contributed by atoms with Crippen LogP contribution in [-0.4, -0.2) is 38.5 Å². The molecule has 28 heavy (non-hydrogen) atoms. The summed E-state index contributed by atoms with van der Waals surface area (Å²) in [5, 5.41) is 7.44. The molecule has 1 unspecified atom stereocenters. The maximum Gasteiger partial charge on any atom is 0.254 e. The number of amides is 1. The van der Waals surface area contributed by atoms with E-state index >= 15 is 0 Å². The molecule has 2 aromatic heterocycles. The lowest BCUT2D eigenvalue weighted by molar-refractivity contribution is 0.0675. The number of nitrogens with one attached hydrogen (secondary N) is 1. The Labute approximate surface area is 162 Å². The Morgan fingerprint density at radius 2 is 2.14 bits per heavy atom. The molecule has 0 saturated heterocycles. The van der Waals surface area contributed by atoms with Crippen LogP contribution in [0.15, 0.2) is 48.8 Å². The highest BCUT2D eigenvalue weighted by Crippen LogP contribution is 2.30. The number of anilines is 1. The molecule has 1 aliphatic heterocycles. The fraction of sp³-hybridized carbons (Fsp3) is 0.190. The van der Waals surface area contributed by atoms with Crippen molar-refractivity contribution >= 4 is 17.8 Å². The molecule has 3 N–H and O–H groups in total. The van der Waals surface area contributed by atoms with E-state index in [1.165, 1.54) is 0 Å². The zero-order valence-electron chi connectivity index (χ0n) is 15.5. The molecule has 1 aromatic carbocycles. The summed E-state index contributed by atoms with van der Waals surface area (Å²) in [6.45, 7) is 2.55. The number of nitrogens with zero attached hydrogens (tertiary/aromatic N) is 4. The number of nitrogen functional groups attached to an aromatic ring is 1. The maximum absolute atomic E-state index is 13.0. The molecule has 0 aliphatic carbocycles. The summed E-state index contributed by atoms with van der Waals surface area (Å²) in [5.41, 5.74) is 10.0. The van der Waals surface area contributed by atoms with Gasteiger partial charge in [0.15, 0.2) is 5.82 Å². The van der Waals surface area contributed by atoms with Crippen LogP contribution in [0.2, 0.25) is 0 Å². The Kier molecular flexibility index (Phi) is 4.57. The van der Waals surface area contributed by atoms with Gasteiger partial charge in [-0.2, -0.15) is 0 Å². The minimum atomic E-state index is -0.144. The van der Waals surface area contributed by atoms with Gasteiger partial charge in [-0.3, -0.25) is 9.78 Å². The molecule has 3 heterocycles. The number of pyridine rings is 1. The van der Waals surface area contributed by atoms with Crippen LogP contribution < -0.4 is 5.73 Å². The molecule has 3 aromatic rings. The minimum Gasteiger partial charge on any atom is -0.398 e. The van der Waals surface area contributed by atoms with E-state index < -0.39 is 0 Å². The van der Waals surface area contributed by atoms with E-state index in [2.05, 4.69) is 15.0 Å². The molecule has 1 amide bonds. The number of hydrogen-bond donors (Lipinski definition) is 2. The molecular weight excluding hydrogens is 352 g/mol. The second-order valence-electron chi connectivity index (χ2n) is 6.72.